The number of nitrogens with two attached hydrogens (primary N) is 1. The number of primary amides is 1. The third-order valence-electron chi connectivity index (χ3n) is 5.61. The first kappa shape index (κ1) is 21.8. The molecule has 2 amide bonds. The summed E-state index contributed by atoms with van der Waals surface area (Å²) >= 11 is 0. The highest BCUT2D eigenvalue weighted by atomic mass is 19.1. The minimum atomic E-state index is -1.34. The van der Waals surface area contributed by atoms with Gasteiger partial charge in [-0.05, 0) is 80.7 Å². The number of nitrogens with zero attached hydrogens (tertiary/aromatic N) is 1. The van der Waals surface area contributed by atoms with Gasteiger partial charge in [-0.25, -0.2) is 4.39 Å². The van der Waals surface area contributed by atoms with Crippen LogP contribution in [0.15, 0.2) is 48.5 Å². The second-order valence-corrected chi connectivity index (χ2v) is 8.08. The Labute approximate surface area is 176 Å². The van der Waals surface area contributed by atoms with Gasteiger partial charge >= 0.3 is 0 Å². The highest BCUT2D eigenvalue weighted by molar-refractivity contribution is 5.91. The Morgan fingerprint density at radius 3 is 2.17 bits per heavy atom. The van der Waals surface area contributed by atoms with E-state index in [1.165, 1.54) is 24.3 Å². The van der Waals surface area contributed by atoms with Gasteiger partial charge in [0.1, 0.15) is 22.9 Å². The molecule has 0 aliphatic carbocycles. The second-order valence-electron chi connectivity index (χ2n) is 8.08. The minimum Gasteiger partial charge on any atom is -0.457 e. The van der Waals surface area contributed by atoms with E-state index in [-0.39, 0.29) is 18.3 Å². The monoisotopic (exact) mass is 413 g/mol. The van der Waals surface area contributed by atoms with Crippen LogP contribution >= 0.6 is 0 Å². The molecule has 30 heavy (non-hydrogen) atoms. The zero-order valence-electron chi connectivity index (χ0n) is 17.4. The van der Waals surface area contributed by atoms with Gasteiger partial charge in [-0.3, -0.25) is 14.5 Å². The first-order valence-electron chi connectivity index (χ1n) is 10.1. The van der Waals surface area contributed by atoms with Gasteiger partial charge in [0.05, 0.1) is 6.54 Å². The van der Waals surface area contributed by atoms with Crippen molar-refractivity contribution in [3.8, 4) is 11.5 Å². The van der Waals surface area contributed by atoms with Crippen LogP contribution in [0.4, 0.5) is 4.39 Å². The summed E-state index contributed by atoms with van der Waals surface area (Å²) in [5.41, 5.74) is 4.86. The molecule has 2 aromatic carbocycles. The standard InChI is InChI=1S/C23H28FN3O3/c1-16-11-13-27(14-12-16)15-21(28)26-23(2,22(25)29)17-3-7-19(8-4-17)30-20-9-5-18(24)6-10-20/h3-10,16H,11-15H2,1-2H3,(H2,25,29)(H,26,28). The van der Waals surface area contributed by atoms with Crippen LogP contribution in [0.1, 0.15) is 32.3 Å². The number of likely N-dealkylation sites (tertiary alicyclic amines) is 1. The van der Waals surface area contributed by atoms with Gasteiger partial charge in [-0.15, -0.1) is 0 Å². The Hall–Kier alpha value is -2.93. The Bertz CT molecular complexity index is 878. The molecule has 1 aliphatic heterocycles. The van der Waals surface area contributed by atoms with E-state index < -0.39 is 11.4 Å². The Morgan fingerprint density at radius 1 is 1.10 bits per heavy atom. The smallest absolute Gasteiger partial charge is 0.247 e. The number of nitrogens with one attached hydrogen (secondary N) is 1. The van der Waals surface area contributed by atoms with Gasteiger partial charge in [0.25, 0.3) is 0 Å². The van der Waals surface area contributed by atoms with E-state index in [0.717, 1.165) is 25.9 Å². The number of benzene rings is 2. The zero-order valence-corrected chi connectivity index (χ0v) is 17.4. The lowest BCUT2D eigenvalue weighted by molar-refractivity contribution is -0.132. The van der Waals surface area contributed by atoms with Crippen LogP contribution in [-0.2, 0) is 15.1 Å². The average Bonchev–Trinajstić information content (AvgIpc) is 2.71. The molecule has 0 bridgehead atoms. The number of carbonyl (C=O) groups excluding carboxylic acids is 2. The summed E-state index contributed by atoms with van der Waals surface area (Å²) in [6.07, 6.45) is 2.13. The molecule has 1 fully saturated rings. The molecule has 7 heteroatoms. The molecule has 1 unspecified atom stereocenters. The maximum Gasteiger partial charge on any atom is 0.247 e. The maximum absolute atomic E-state index is 13.0. The largest absolute Gasteiger partial charge is 0.457 e. The van der Waals surface area contributed by atoms with Gasteiger partial charge in [0.15, 0.2) is 0 Å². The molecule has 0 spiro atoms. The molecule has 6 nitrogen and oxygen atoms in total. The van der Waals surface area contributed by atoms with Crippen LogP contribution < -0.4 is 15.8 Å². The Morgan fingerprint density at radius 2 is 1.63 bits per heavy atom. The molecular formula is C23H28FN3O3. The van der Waals surface area contributed by atoms with E-state index in [0.29, 0.717) is 23.0 Å². The van der Waals surface area contributed by atoms with Crippen molar-refractivity contribution >= 4 is 11.8 Å². The topological polar surface area (TPSA) is 84.7 Å². The van der Waals surface area contributed by atoms with Crippen molar-refractivity contribution in [3.63, 3.8) is 0 Å². The molecule has 0 radical (unpaired) electrons. The number of rotatable bonds is 7. The van der Waals surface area contributed by atoms with E-state index in [1.54, 1.807) is 31.2 Å². The number of hydrogen-bond donors (Lipinski definition) is 2. The molecule has 3 rings (SSSR count). The van der Waals surface area contributed by atoms with Crippen LogP contribution in [0.2, 0.25) is 0 Å². The Balaban J connectivity index is 1.67. The van der Waals surface area contributed by atoms with Crippen LogP contribution in [0.5, 0.6) is 11.5 Å². The maximum atomic E-state index is 13.0. The van der Waals surface area contributed by atoms with Crippen molar-refractivity contribution in [3.05, 3.63) is 59.9 Å². The number of halogens is 1. The molecule has 1 aliphatic rings. The number of piperidine rings is 1. The number of carbonyl (C=O) groups is 2. The second kappa shape index (κ2) is 9.26. The predicted octanol–water partition coefficient (Wildman–Crippen LogP) is 3.17. The van der Waals surface area contributed by atoms with Crippen molar-refractivity contribution in [2.45, 2.75) is 32.2 Å². The van der Waals surface area contributed by atoms with Crippen molar-refractivity contribution < 1.29 is 18.7 Å². The van der Waals surface area contributed by atoms with Crippen molar-refractivity contribution in [2.75, 3.05) is 19.6 Å². The van der Waals surface area contributed by atoms with E-state index in [2.05, 4.69) is 17.1 Å². The lowest BCUT2D eigenvalue weighted by Gasteiger charge is -2.32. The zero-order chi connectivity index (χ0) is 21.7. The van der Waals surface area contributed by atoms with Gasteiger partial charge in [-0.1, -0.05) is 19.1 Å². The molecule has 2 aromatic rings. The quantitative estimate of drug-likeness (QED) is 0.730. The molecule has 1 heterocycles. The van der Waals surface area contributed by atoms with E-state index in [9.17, 15) is 14.0 Å². The molecule has 0 aromatic heterocycles. The summed E-state index contributed by atoms with van der Waals surface area (Å²) in [7, 11) is 0. The normalized spacial score (nSPS) is 17.2. The first-order chi connectivity index (χ1) is 14.3. The number of ether oxygens (including phenoxy) is 1. The molecule has 3 N–H and O–H groups in total. The molecule has 160 valence electrons. The van der Waals surface area contributed by atoms with E-state index in [4.69, 9.17) is 10.5 Å². The molecule has 1 saturated heterocycles. The summed E-state index contributed by atoms with van der Waals surface area (Å²) in [5, 5.41) is 2.81. The summed E-state index contributed by atoms with van der Waals surface area (Å²) in [5.74, 6) is 0.463. The fraction of sp³-hybridized carbons (Fsp3) is 0.391. The van der Waals surface area contributed by atoms with Gasteiger partial charge in [0.2, 0.25) is 11.8 Å². The fourth-order valence-corrected chi connectivity index (χ4v) is 3.51. The fourth-order valence-electron chi connectivity index (χ4n) is 3.51. The molecule has 1 atom stereocenters. The lowest BCUT2D eigenvalue weighted by atomic mass is 9.91. The van der Waals surface area contributed by atoms with Crippen molar-refractivity contribution in [1.82, 2.24) is 10.2 Å². The summed E-state index contributed by atoms with van der Waals surface area (Å²) in [6.45, 7) is 5.79. The minimum absolute atomic E-state index is 0.237. The van der Waals surface area contributed by atoms with E-state index >= 15 is 0 Å². The summed E-state index contributed by atoms with van der Waals surface area (Å²) < 4.78 is 18.7. The van der Waals surface area contributed by atoms with Gasteiger partial charge in [0, 0.05) is 0 Å². The van der Waals surface area contributed by atoms with Crippen LogP contribution in [0.25, 0.3) is 0 Å². The average molecular weight is 413 g/mol. The summed E-state index contributed by atoms with van der Waals surface area (Å²) in [4.78, 5) is 26.9. The number of amides is 2. The predicted molar refractivity (Wildman–Crippen MR) is 112 cm³/mol. The van der Waals surface area contributed by atoms with E-state index in [1.807, 2.05) is 0 Å². The third kappa shape index (κ3) is 5.36. The van der Waals surface area contributed by atoms with Crippen LogP contribution in [0.3, 0.4) is 0 Å². The van der Waals surface area contributed by atoms with Crippen LogP contribution in [-0.4, -0.2) is 36.3 Å². The van der Waals surface area contributed by atoms with Gasteiger partial charge < -0.3 is 15.8 Å². The first-order valence-corrected chi connectivity index (χ1v) is 10.1. The van der Waals surface area contributed by atoms with Crippen molar-refractivity contribution in [2.24, 2.45) is 11.7 Å². The van der Waals surface area contributed by atoms with Crippen LogP contribution in [0, 0.1) is 11.7 Å². The third-order valence-corrected chi connectivity index (χ3v) is 5.61. The Kier molecular flexibility index (Phi) is 6.72. The van der Waals surface area contributed by atoms with Crippen molar-refractivity contribution in [1.29, 1.82) is 0 Å². The van der Waals surface area contributed by atoms with Gasteiger partial charge in [-0.2, -0.15) is 0 Å². The summed E-state index contributed by atoms with van der Waals surface area (Å²) in [6, 6.07) is 12.4. The molecule has 0 saturated carbocycles. The lowest BCUT2D eigenvalue weighted by Crippen LogP contribution is -2.55. The number of hydrogen-bond acceptors (Lipinski definition) is 4. The molecular weight excluding hydrogens is 385 g/mol. The highest BCUT2D eigenvalue weighted by Gasteiger charge is 2.35. The SMILES string of the molecule is CC1CCN(CC(=O)NC(C)(C(N)=O)c2ccc(Oc3ccc(F)cc3)cc2)CC1. The highest BCUT2D eigenvalue weighted by Crippen LogP contribution is 2.26.